The molecule has 4 aromatic carbocycles. The molecule has 36 heavy (non-hydrogen) atoms. The van der Waals surface area contributed by atoms with Gasteiger partial charge in [0.15, 0.2) is 5.78 Å². The van der Waals surface area contributed by atoms with E-state index in [2.05, 4.69) is 10.6 Å². The first-order chi connectivity index (χ1) is 17.3. The molecule has 2 N–H and O–H groups in total. The van der Waals surface area contributed by atoms with Crippen LogP contribution in [0.4, 0.5) is 11.4 Å². The van der Waals surface area contributed by atoms with E-state index in [1.807, 2.05) is 51.1 Å². The van der Waals surface area contributed by atoms with Crippen LogP contribution in [-0.2, 0) is 11.2 Å². The predicted octanol–water partition coefficient (Wildman–Crippen LogP) is 6.28. The third kappa shape index (κ3) is 5.76. The molecule has 0 radical (unpaired) electrons. The maximum Gasteiger partial charge on any atom is 0.257 e. The Morgan fingerprint density at radius 1 is 0.639 bits per heavy atom. The van der Waals surface area contributed by atoms with Crippen LogP contribution in [0.3, 0.4) is 0 Å². The second kappa shape index (κ2) is 10.8. The number of benzene rings is 4. The molecule has 0 saturated carbocycles. The minimum Gasteiger partial charge on any atom is -0.325 e. The lowest BCUT2D eigenvalue weighted by atomic mass is 9.99. The Kier molecular flexibility index (Phi) is 7.40. The molecule has 0 unspecified atom stereocenters. The Labute approximate surface area is 211 Å². The molecule has 0 aromatic heterocycles. The molecule has 5 nitrogen and oxygen atoms in total. The Hall–Kier alpha value is -4.51. The van der Waals surface area contributed by atoms with Crippen LogP contribution in [0.2, 0.25) is 0 Å². The van der Waals surface area contributed by atoms with Crippen LogP contribution in [0.25, 0.3) is 0 Å². The number of hydrogen-bond acceptors (Lipinski definition) is 3. The largest absolute Gasteiger partial charge is 0.325 e. The normalized spacial score (nSPS) is 10.5. The average molecular weight is 477 g/mol. The zero-order valence-electron chi connectivity index (χ0n) is 20.6. The summed E-state index contributed by atoms with van der Waals surface area (Å²) >= 11 is 0. The van der Waals surface area contributed by atoms with Crippen molar-refractivity contribution in [3.8, 4) is 0 Å². The summed E-state index contributed by atoms with van der Waals surface area (Å²) in [6, 6.07) is 27.1. The molecule has 0 fully saturated rings. The molecule has 0 aliphatic heterocycles. The average Bonchev–Trinajstić information content (AvgIpc) is 2.87. The number of carbonyl (C=O) groups excluding carboxylic acids is 3. The van der Waals surface area contributed by atoms with Crippen LogP contribution in [-0.4, -0.2) is 17.6 Å². The minimum absolute atomic E-state index is 0.176. The second-order valence-electron chi connectivity index (χ2n) is 8.90. The Morgan fingerprint density at radius 3 is 2.03 bits per heavy atom. The summed E-state index contributed by atoms with van der Waals surface area (Å²) in [6.07, 6.45) is 0.204. The molecule has 4 aromatic rings. The van der Waals surface area contributed by atoms with Gasteiger partial charge in [0.1, 0.15) is 0 Å². The van der Waals surface area contributed by atoms with Crippen LogP contribution >= 0.6 is 0 Å². The molecule has 4 rings (SSSR count). The first-order valence-corrected chi connectivity index (χ1v) is 11.8. The molecular formula is C31H28N2O3. The number of hydrogen-bond donors (Lipinski definition) is 2. The molecule has 0 spiro atoms. The molecule has 180 valence electrons. The van der Waals surface area contributed by atoms with Crippen molar-refractivity contribution < 1.29 is 14.4 Å². The van der Waals surface area contributed by atoms with Crippen molar-refractivity contribution in [3.63, 3.8) is 0 Å². The van der Waals surface area contributed by atoms with Crippen LogP contribution in [0.15, 0.2) is 91.0 Å². The van der Waals surface area contributed by atoms with E-state index in [0.29, 0.717) is 28.1 Å². The fourth-order valence-corrected chi connectivity index (χ4v) is 4.09. The Bertz CT molecular complexity index is 1440. The summed E-state index contributed by atoms with van der Waals surface area (Å²) < 4.78 is 0. The zero-order chi connectivity index (χ0) is 25.7. The fraction of sp³-hybridized carbons (Fsp3) is 0.129. The number of anilines is 2. The summed E-state index contributed by atoms with van der Waals surface area (Å²) in [6.45, 7) is 5.89. The van der Waals surface area contributed by atoms with Gasteiger partial charge in [0.2, 0.25) is 5.91 Å². The van der Waals surface area contributed by atoms with E-state index in [4.69, 9.17) is 0 Å². The SMILES string of the molecule is Cc1ccc(CC(=O)Nc2ccccc2C(=O)Nc2ccc(C)cc2C(=O)c2ccccc2)c(C)c1. The van der Waals surface area contributed by atoms with E-state index in [9.17, 15) is 14.4 Å². The van der Waals surface area contributed by atoms with E-state index >= 15 is 0 Å². The standard InChI is InChI=1S/C31H28N2O3/c1-20-13-15-24(22(3)17-20)19-29(34)32-27-12-8-7-11-25(27)31(36)33-28-16-14-21(2)18-26(28)30(35)23-9-5-4-6-10-23/h4-18H,19H2,1-3H3,(H,32,34)(H,33,36). The van der Waals surface area contributed by atoms with Gasteiger partial charge in [-0.25, -0.2) is 0 Å². The monoisotopic (exact) mass is 476 g/mol. The van der Waals surface area contributed by atoms with Crippen LogP contribution in [0.5, 0.6) is 0 Å². The molecular weight excluding hydrogens is 448 g/mol. The third-order valence-corrected chi connectivity index (χ3v) is 6.00. The number of ketones is 1. The van der Waals surface area contributed by atoms with E-state index < -0.39 is 5.91 Å². The number of nitrogens with one attached hydrogen (secondary N) is 2. The van der Waals surface area contributed by atoms with E-state index in [-0.39, 0.29) is 18.1 Å². The molecule has 5 heteroatoms. The van der Waals surface area contributed by atoms with Gasteiger partial charge in [-0.1, -0.05) is 77.9 Å². The van der Waals surface area contributed by atoms with Crippen molar-refractivity contribution in [2.24, 2.45) is 0 Å². The highest BCUT2D eigenvalue weighted by Gasteiger charge is 2.19. The Balaban J connectivity index is 1.55. The predicted molar refractivity (Wildman–Crippen MR) is 144 cm³/mol. The van der Waals surface area contributed by atoms with Crippen LogP contribution < -0.4 is 10.6 Å². The summed E-state index contributed by atoms with van der Waals surface area (Å²) in [5.74, 6) is -0.800. The maximum atomic E-state index is 13.3. The highest BCUT2D eigenvalue weighted by atomic mass is 16.2. The lowest BCUT2D eigenvalue weighted by molar-refractivity contribution is -0.115. The van der Waals surface area contributed by atoms with E-state index in [1.54, 1.807) is 60.7 Å². The van der Waals surface area contributed by atoms with Crippen molar-refractivity contribution in [2.75, 3.05) is 10.6 Å². The first-order valence-electron chi connectivity index (χ1n) is 11.8. The quantitative estimate of drug-likeness (QED) is 0.308. The van der Waals surface area contributed by atoms with E-state index in [1.165, 1.54) is 0 Å². The molecule has 2 amide bonds. The minimum atomic E-state index is -0.414. The van der Waals surface area contributed by atoms with Crippen molar-refractivity contribution in [1.82, 2.24) is 0 Å². The van der Waals surface area contributed by atoms with Gasteiger partial charge in [0, 0.05) is 11.1 Å². The van der Waals surface area contributed by atoms with Crippen molar-refractivity contribution in [2.45, 2.75) is 27.2 Å². The zero-order valence-corrected chi connectivity index (χ0v) is 20.6. The summed E-state index contributed by atoms with van der Waals surface area (Å²) in [4.78, 5) is 39.3. The number of amides is 2. The molecule has 0 bridgehead atoms. The van der Waals surface area contributed by atoms with Gasteiger partial charge in [-0.2, -0.15) is 0 Å². The number of para-hydroxylation sites is 1. The maximum absolute atomic E-state index is 13.3. The van der Waals surface area contributed by atoms with E-state index in [0.717, 1.165) is 22.3 Å². The lowest BCUT2D eigenvalue weighted by Gasteiger charge is -2.14. The summed E-state index contributed by atoms with van der Waals surface area (Å²) in [5, 5.41) is 5.75. The molecule has 0 heterocycles. The van der Waals surface area contributed by atoms with Crippen LogP contribution in [0.1, 0.15) is 48.5 Å². The van der Waals surface area contributed by atoms with Gasteiger partial charge in [0.25, 0.3) is 5.91 Å². The van der Waals surface area contributed by atoms with Crippen LogP contribution in [0, 0.1) is 20.8 Å². The lowest BCUT2D eigenvalue weighted by Crippen LogP contribution is -2.20. The fourth-order valence-electron chi connectivity index (χ4n) is 4.09. The number of carbonyl (C=O) groups is 3. The highest BCUT2D eigenvalue weighted by molar-refractivity contribution is 6.16. The summed E-state index contributed by atoms with van der Waals surface area (Å²) in [7, 11) is 0. The van der Waals surface area contributed by atoms with Crippen molar-refractivity contribution >= 4 is 29.0 Å². The number of aryl methyl sites for hydroxylation is 3. The van der Waals surface area contributed by atoms with Gasteiger partial charge in [0.05, 0.1) is 23.4 Å². The third-order valence-electron chi connectivity index (χ3n) is 6.00. The van der Waals surface area contributed by atoms with Gasteiger partial charge in [-0.05, 0) is 56.2 Å². The van der Waals surface area contributed by atoms with Crippen molar-refractivity contribution in [3.05, 3.63) is 130 Å². The Morgan fingerprint density at radius 2 is 1.28 bits per heavy atom. The molecule has 0 saturated heterocycles. The van der Waals surface area contributed by atoms with Gasteiger partial charge >= 0.3 is 0 Å². The van der Waals surface area contributed by atoms with Gasteiger partial charge < -0.3 is 10.6 Å². The second-order valence-corrected chi connectivity index (χ2v) is 8.90. The number of rotatable bonds is 7. The molecule has 0 aliphatic rings. The topological polar surface area (TPSA) is 75.3 Å². The van der Waals surface area contributed by atoms with Gasteiger partial charge in [-0.3, -0.25) is 14.4 Å². The first kappa shape index (κ1) is 24.6. The smallest absolute Gasteiger partial charge is 0.257 e. The van der Waals surface area contributed by atoms with Crippen molar-refractivity contribution in [1.29, 1.82) is 0 Å². The highest BCUT2D eigenvalue weighted by Crippen LogP contribution is 2.24. The molecule has 0 atom stereocenters. The summed E-state index contributed by atoms with van der Waals surface area (Å²) in [5.41, 5.74) is 6.11. The van der Waals surface area contributed by atoms with Gasteiger partial charge in [-0.15, -0.1) is 0 Å². The molecule has 0 aliphatic carbocycles.